The van der Waals surface area contributed by atoms with Gasteiger partial charge in [0, 0.05) is 6.54 Å². The van der Waals surface area contributed by atoms with Crippen LogP contribution in [0.1, 0.15) is 36.6 Å². The first kappa shape index (κ1) is 15.0. The molecule has 0 saturated heterocycles. The summed E-state index contributed by atoms with van der Waals surface area (Å²) in [4.78, 5) is 2.23. The topological polar surface area (TPSA) is 32.7 Å². The second-order valence-electron chi connectivity index (χ2n) is 4.68. The van der Waals surface area contributed by atoms with Gasteiger partial charge in [-0.05, 0) is 55.8 Å². The second kappa shape index (κ2) is 6.76. The van der Waals surface area contributed by atoms with Crippen LogP contribution in [0, 0.1) is 13.8 Å². The van der Waals surface area contributed by atoms with Crippen LogP contribution >= 0.6 is 0 Å². The van der Waals surface area contributed by atoms with Crippen LogP contribution in [0.2, 0.25) is 0 Å². The molecule has 0 saturated carbocycles. The average molecular weight is 251 g/mol. The van der Waals surface area contributed by atoms with Gasteiger partial charge >= 0.3 is 0 Å². The molecule has 18 heavy (non-hydrogen) atoms. The summed E-state index contributed by atoms with van der Waals surface area (Å²) >= 11 is 0. The number of nitrogens with zero attached hydrogens (tertiary/aromatic N) is 1. The van der Waals surface area contributed by atoms with Crippen LogP contribution in [0.3, 0.4) is 0 Å². The molecule has 0 fully saturated rings. The maximum Gasteiger partial charge on any atom is 0.119 e. The zero-order chi connectivity index (χ0) is 13.7. The lowest BCUT2D eigenvalue weighted by Crippen LogP contribution is -2.28. The van der Waals surface area contributed by atoms with Gasteiger partial charge < -0.3 is 14.7 Å². The molecule has 0 aliphatic rings. The van der Waals surface area contributed by atoms with Crippen molar-refractivity contribution in [1.82, 2.24) is 4.90 Å². The fraction of sp³-hybridized carbons (Fsp3) is 0.600. The normalized spacial score (nSPS) is 12.8. The Bertz CT molecular complexity index is 363. The third-order valence-electron chi connectivity index (χ3n) is 3.46. The number of hydrogen-bond acceptors (Lipinski definition) is 3. The predicted molar refractivity (Wildman–Crippen MR) is 75.2 cm³/mol. The van der Waals surface area contributed by atoms with Crippen molar-refractivity contribution in [2.45, 2.75) is 33.8 Å². The van der Waals surface area contributed by atoms with E-state index in [1.165, 1.54) is 0 Å². The number of aryl methyl sites for hydroxylation is 2. The summed E-state index contributed by atoms with van der Waals surface area (Å²) in [5, 5.41) is 10.4. The molecule has 1 unspecified atom stereocenters. The Hall–Kier alpha value is -1.06. The smallest absolute Gasteiger partial charge is 0.119 e. The highest BCUT2D eigenvalue weighted by atomic mass is 16.5. The zero-order valence-electron chi connectivity index (χ0n) is 12.2. The molecule has 0 aliphatic heterocycles. The molecule has 0 heterocycles. The fourth-order valence-corrected chi connectivity index (χ4v) is 2.40. The van der Waals surface area contributed by atoms with E-state index in [4.69, 9.17) is 4.74 Å². The van der Waals surface area contributed by atoms with E-state index >= 15 is 0 Å². The number of aliphatic hydroxyl groups excluding tert-OH is 1. The Morgan fingerprint density at radius 2 is 1.67 bits per heavy atom. The van der Waals surface area contributed by atoms with E-state index in [0.29, 0.717) is 6.54 Å². The van der Waals surface area contributed by atoms with Gasteiger partial charge in [-0.15, -0.1) is 0 Å². The molecule has 1 N–H and O–H groups in total. The average Bonchev–Trinajstić information content (AvgIpc) is 2.34. The number of aliphatic hydroxyl groups is 1. The van der Waals surface area contributed by atoms with Crippen LogP contribution in [0.25, 0.3) is 0 Å². The van der Waals surface area contributed by atoms with Gasteiger partial charge in [-0.1, -0.05) is 13.8 Å². The molecule has 1 rings (SSSR count). The van der Waals surface area contributed by atoms with Gasteiger partial charge in [-0.3, -0.25) is 0 Å². The van der Waals surface area contributed by atoms with E-state index in [-0.39, 0.29) is 0 Å². The van der Waals surface area contributed by atoms with Gasteiger partial charge in [0.1, 0.15) is 5.75 Å². The van der Waals surface area contributed by atoms with Crippen LogP contribution in [-0.4, -0.2) is 36.8 Å². The molecule has 1 aromatic carbocycles. The SMILES string of the molecule is CCN(CC)CC(O)c1c(C)cc(OC)cc1C. The highest BCUT2D eigenvalue weighted by Gasteiger charge is 2.16. The van der Waals surface area contributed by atoms with Gasteiger partial charge in [0.2, 0.25) is 0 Å². The number of benzene rings is 1. The third-order valence-corrected chi connectivity index (χ3v) is 3.46. The van der Waals surface area contributed by atoms with Gasteiger partial charge in [-0.25, -0.2) is 0 Å². The molecule has 1 aromatic rings. The number of likely N-dealkylation sites (N-methyl/N-ethyl adjacent to an activating group) is 1. The lowest BCUT2D eigenvalue weighted by molar-refractivity contribution is 0.118. The minimum atomic E-state index is -0.434. The van der Waals surface area contributed by atoms with E-state index in [1.54, 1.807) is 7.11 Å². The molecule has 102 valence electrons. The summed E-state index contributed by atoms with van der Waals surface area (Å²) < 4.78 is 5.24. The first-order chi connectivity index (χ1) is 8.53. The van der Waals surface area contributed by atoms with Crippen molar-refractivity contribution >= 4 is 0 Å². The van der Waals surface area contributed by atoms with Crippen molar-refractivity contribution in [3.8, 4) is 5.75 Å². The van der Waals surface area contributed by atoms with E-state index < -0.39 is 6.10 Å². The number of ether oxygens (including phenoxy) is 1. The highest BCUT2D eigenvalue weighted by Crippen LogP contribution is 2.27. The Labute approximate surface area is 110 Å². The molecular formula is C15H25NO2. The van der Waals surface area contributed by atoms with Crippen molar-refractivity contribution in [3.05, 3.63) is 28.8 Å². The van der Waals surface area contributed by atoms with E-state index in [2.05, 4.69) is 18.7 Å². The summed E-state index contributed by atoms with van der Waals surface area (Å²) in [5.74, 6) is 0.851. The number of hydrogen-bond donors (Lipinski definition) is 1. The summed E-state index contributed by atoms with van der Waals surface area (Å²) in [5.41, 5.74) is 3.21. The third kappa shape index (κ3) is 3.47. The highest BCUT2D eigenvalue weighted by molar-refractivity contribution is 5.42. The van der Waals surface area contributed by atoms with Crippen molar-refractivity contribution in [2.24, 2.45) is 0 Å². The van der Waals surface area contributed by atoms with Crippen LogP contribution in [0.4, 0.5) is 0 Å². The van der Waals surface area contributed by atoms with E-state index in [1.807, 2.05) is 26.0 Å². The van der Waals surface area contributed by atoms with Gasteiger partial charge in [0.15, 0.2) is 0 Å². The van der Waals surface area contributed by atoms with Crippen LogP contribution < -0.4 is 4.74 Å². The standard InChI is InChI=1S/C15H25NO2/c1-6-16(7-2)10-14(17)15-11(3)8-13(18-5)9-12(15)4/h8-9,14,17H,6-7,10H2,1-5H3. The summed E-state index contributed by atoms with van der Waals surface area (Å²) in [7, 11) is 1.67. The summed E-state index contributed by atoms with van der Waals surface area (Å²) in [6.45, 7) is 10.9. The first-order valence-electron chi connectivity index (χ1n) is 6.59. The molecule has 0 bridgehead atoms. The number of rotatable bonds is 6. The maximum absolute atomic E-state index is 10.4. The lowest BCUT2D eigenvalue weighted by Gasteiger charge is -2.24. The molecule has 0 amide bonds. The fourth-order valence-electron chi connectivity index (χ4n) is 2.40. The monoisotopic (exact) mass is 251 g/mol. The Morgan fingerprint density at radius 3 is 2.06 bits per heavy atom. The quantitative estimate of drug-likeness (QED) is 0.843. The number of methoxy groups -OCH3 is 1. The largest absolute Gasteiger partial charge is 0.497 e. The van der Waals surface area contributed by atoms with Gasteiger partial charge in [-0.2, -0.15) is 0 Å². The molecular weight excluding hydrogens is 226 g/mol. The minimum Gasteiger partial charge on any atom is -0.497 e. The molecule has 3 heteroatoms. The lowest BCUT2D eigenvalue weighted by atomic mass is 9.97. The van der Waals surface area contributed by atoms with Crippen molar-refractivity contribution < 1.29 is 9.84 Å². The minimum absolute atomic E-state index is 0.434. The zero-order valence-corrected chi connectivity index (χ0v) is 12.2. The molecule has 0 aromatic heterocycles. The Kier molecular flexibility index (Phi) is 5.63. The summed E-state index contributed by atoms with van der Waals surface area (Å²) in [6.07, 6.45) is -0.434. The second-order valence-corrected chi connectivity index (χ2v) is 4.68. The molecule has 0 aliphatic carbocycles. The van der Waals surface area contributed by atoms with Gasteiger partial charge in [0.25, 0.3) is 0 Å². The predicted octanol–water partition coefficient (Wildman–Crippen LogP) is 2.69. The maximum atomic E-state index is 10.4. The molecule has 0 radical (unpaired) electrons. The van der Waals surface area contributed by atoms with Crippen LogP contribution in [0.5, 0.6) is 5.75 Å². The van der Waals surface area contributed by atoms with Crippen molar-refractivity contribution in [3.63, 3.8) is 0 Å². The van der Waals surface area contributed by atoms with E-state index in [9.17, 15) is 5.11 Å². The van der Waals surface area contributed by atoms with Crippen LogP contribution in [-0.2, 0) is 0 Å². The van der Waals surface area contributed by atoms with Crippen molar-refractivity contribution in [2.75, 3.05) is 26.7 Å². The Balaban J connectivity index is 2.95. The molecule has 0 spiro atoms. The van der Waals surface area contributed by atoms with Crippen molar-refractivity contribution in [1.29, 1.82) is 0 Å². The first-order valence-corrected chi connectivity index (χ1v) is 6.59. The van der Waals surface area contributed by atoms with E-state index in [0.717, 1.165) is 35.5 Å². The summed E-state index contributed by atoms with van der Waals surface area (Å²) in [6, 6.07) is 3.96. The molecule has 3 nitrogen and oxygen atoms in total. The van der Waals surface area contributed by atoms with Gasteiger partial charge in [0.05, 0.1) is 13.2 Å². The van der Waals surface area contributed by atoms with Crippen LogP contribution in [0.15, 0.2) is 12.1 Å². The molecule has 1 atom stereocenters. The Morgan fingerprint density at radius 1 is 1.17 bits per heavy atom.